The van der Waals surface area contributed by atoms with E-state index in [9.17, 15) is 22.4 Å². The van der Waals surface area contributed by atoms with Crippen LogP contribution in [0.1, 0.15) is 26.2 Å². The van der Waals surface area contributed by atoms with Crippen LogP contribution in [0.3, 0.4) is 0 Å². The maximum absolute atomic E-state index is 13.4. The highest BCUT2D eigenvalue weighted by molar-refractivity contribution is 7.89. The van der Waals surface area contributed by atoms with Gasteiger partial charge in [0, 0.05) is 45.7 Å². The van der Waals surface area contributed by atoms with Crippen LogP contribution < -0.4 is 0 Å². The van der Waals surface area contributed by atoms with Gasteiger partial charge < -0.3 is 9.80 Å². The van der Waals surface area contributed by atoms with E-state index in [-0.39, 0.29) is 35.7 Å². The summed E-state index contributed by atoms with van der Waals surface area (Å²) in [7, 11) is -3.78. The molecular formula is C19H26FN3O4S. The van der Waals surface area contributed by atoms with Crippen LogP contribution in [0, 0.1) is 11.7 Å². The number of hydrogen-bond donors (Lipinski definition) is 0. The van der Waals surface area contributed by atoms with Crippen molar-refractivity contribution in [1.29, 1.82) is 0 Å². The van der Waals surface area contributed by atoms with Crippen molar-refractivity contribution >= 4 is 21.8 Å². The highest BCUT2D eigenvalue weighted by atomic mass is 32.2. The van der Waals surface area contributed by atoms with Gasteiger partial charge in [0.1, 0.15) is 5.82 Å². The number of amides is 2. The van der Waals surface area contributed by atoms with E-state index in [2.05, 4.69) is 0 Å². The van der Waals surface area contributed by atoms with E-state index in [1.165, 1.54) is 22.5 Å². The molecule has 2 fully saturated rings. The van der Waals surface area contributed by atoms with Crippen LogP contribution in [0.4, 0.5) is 4.39 Å². The first-order valence-electron chi connectivity index (χ1n) is 9.65. The predicted octanol–water partition coefficient (Wildman–Crippen LogP) is 1.31. The Morgan fingerprint density at radius 1 is 1.11 bits per heavy atom. The molecule has 2 heterocycles. The summed E-state index contributed by atoms with van der Waals surface area (Å²) in [4.78, 5) is 28.1. The number of piperidine rings is 1. The Morgan fingerprint density at radius 2 is 1.82 bits per heavy atom. The molecule has 0 N–H and O–H groups in total. The SMILES string of the molecule is CCC(=O)N1CCCC(C(=O)N2CCN(S(=O)(=O)c3cccc(F)c3)CC2)C1. The molecule has 1 aromatic carbocycles. The predicted molar refractivity (Wildman–Crippen MR) is 101 cm³/mol. The third kappa shape index (κ3) is 4.35. The number of piperazine rings is 1. The summed E-state index contributed by atoms with van der Waals surface area (Å²) in [6.45, 7) is 3.89. The Hall–Kier alpha value is -2.00. The van der Waals surface area contributed by atoms with Gasteiger partial charge >= 0.3 is 0 Å². The molecular weight excluding hydrogens is 385 g/mol. The highest BCUT2D eigenvalue weighted by Gasteiger charge is 2.34. The second-order valence-electron chi connectivity index (χ2n) is 7.22. The molecule has 0 spiro atoms. The third-order valence-corrected chi connectivity index (χ3v) is 7.30. The molecule has 3 rings (SSSR count). The molecule has 0 bridgehead atoms. The number of benzene rings is 1. The van der Waals surface area contributed by atoms with Crippen molar-refractivity contribution < 1.29 is 22.4 Å². The monoisotopic (exact) mass is 411 g/mol. The fourth-order valence-corrected chi connectivity index (χ4v) is 5.27. The lowest BCUT2D eigenvalue weighted by molar-refractivity contribution is -0.141. The van der Waals surface area contributed by atoms with Crippen molar-refractivity contribution in [3.05, 3.63) is 30.1 Å². The molecule has 1 aromatic rings. The maximum atomic E-state index is 13.4. The average molecular weight is 411 g/mol. The standard InChI is InChI=1S/C19H26FN3O4S/c1-2-18(24)22-8-4-5-15(14-22)19(25)21-9-11-23(12-10-21)28(26,27)17-7-3-6-16(20)13-17/h3,6-7,13,15H,2,4-5,8-12,14H2,1H3. The van der Waals surface area contributed by atoms with Crippen molar-refractivity contribution in [2.45, 2.75) is 31.1 Å². The van der Waals surface area contributed by atoms with Crippen molar-refractivity contribution in [1.82, 2.24) is 14.1 Å². The van der Waals surface area contributed by atoms with Gasteiger partial charge in [-0.15, -0.1) is 0 Å². The number of likely N-dealkylation sites (tertiary alicyclic amines) is 1. The average Bonchev–Trinajstić information content (AvgIpc) is 2.72. The van der Waals surface area contributed by atoms with E-state index < -0.39 is 15.8 Å². The van der Waals surface area contributed by atoms with Gasteiger partial charge in [0.25, 0.3) is 0 Å². The van der Waals surface area contributed by atoms with Gasteiger partial charge in [-0.05, 0) is 31.0 Å². The summed E-state index contributed by atoms with van der Waals surface area (Å²) in [5.74, 6) is -0.783. The molecule has 2 saturated heterocycles. The minimum absolute atomic E-state index is 0.0172. The molecule has 0 aromatic heterocycles. The number of hydrogen-bond acceptors (Lipinski definition) is 4. The van der Waals surface area contributed by atoms with Crippen LogP contribution >= 0.6 is 0 Å². The zero-order chi connectivity index (χ0) is 20.3. The molecule has 0 radical (unpaired) electrons. The lowest BCUT2D eigenvalue weighted by Gasteiger charge is -2.38. The van der Waals surface area contributed by atoms with Crippen LogP contribution in [-0.4, -0.2) is 73.6 Å². The quantitative estimate of drug-likeness (QED) is 0.748. The molecule has 2 aliphatic heterocycles. The summed E-state index contributed by atoms with van der Waals surface area (Å²) in [5, 5.41) is 0. The normalized spacial score (nSPS) is 21.6. The van der Waals surface area contributed by atoms with Crippen LogP contribution in [0.15, 0.2) is 29.2 Å². The van der Waals surface area contributed by atoms with Gasteiger partial charge in [-0.1, -0.05) is 13.0 Å². The van der Waals surface area contributed by atoms with Gasteiger partial charge in [0.2, 0.25) is 21.8 Å². The molecule has 0 aliphatic carbocycles. The van der Waals surface area contributed by atoms with Gasteiger partial charge in [0.05, 0.1) is 10.8 Å². The van der Waals surface area contributed by atoms with E-state index in [1.54, 1.807) is 9.80 Å². The van der Waals surface area contributed by atoms with Crippen LogP contribution in [0.2, 0.25) is 0 Å². The molecule has 2 aliphatic rings. The molecule has 28 heavy (non-hydrogen) atoms. The molecule has 9 heteroatoms. The van der Waals surface area contributed by atoms with E-state index in [1.807, 2.05) is 6.92 Å². The molecule has 1 unspecified atom stereocenters. The van der Waals surface area contributed by atoms with Gasteiger partial charge in [0.15, 0.2) is 0 Å². The Bertz CT molecular complexity index is 837. The minimum Gasteiger partial charge on any atom is -0.342 e. The zero-order valence-corrected chi connectivity index (χ0v) is 16.8. The van der Waals surface area contributed by atoms with E-state index in [4.69, 9.17) is 0 Å². The van der Waals surface area contributed by atoms with Crippen molar-refractivity contribution in [3.8, 4) is 0 Å². The zero-order valence-electron chi connectivity index (χ0n) is 16.0. The molecule has 7 nitrogen and oxygen atoms in total. The fraction of sp³-hybridized carbons (Fsp3) is 0.579. The van der Waals surface area contributed by atoms with E-state index in [0.29, 0.717) is 32.6 Å². The first kappa shape index (κ1) is 20.7. The summed E-state index contributed by atoms with van der Waals surface area (Å²) in [6, 6.07) is 4.95. The summed E-state index contributed by atoms with van der Waals surface area (Å²) < 4.78 is 40.0. The number of carbonyl (C=O) groups is 2. The van der Waals surface area contributed by atoms with Gasteiger partial charge in [-0.25, -0.2) is 12.8 Å². The highest BCUT2D eigenvalue weighted by Crippen LogP contribution is 2.22. The number of rotatable bonds is 4. The number of nitrogens with zero attached hydrogens (tertiary/aromatic N) is 3. The van der Waals surface area contributed by atoms with E-state index in [0.717, 1.165) is 18.9 Å². The number of carbonyl (C=O) groups excluding carboxylic acids is 2. The Morgan fingerprint density at radius 3 is 2.46 bits per heavy atom. The van der Waals surface area contributed by atoms with Crippen molar-refractivity contribution in [2.24, 2.45) is 5.92 Å². The van der Waals surface area contributed by atoms with Crippen LogP contribution in [0.25, 0.3) is 0 Å². The summed E-state index contributed by atoms with van der Waals surface area (Å²) >= 11 is 0. The van der Waals surface area contributed by atoms with Crippen LogP contribution in [0.5, 0.6) is 0 Å². The fourth-order valence-electron chi connectivity index (χ4n) is 3.81. The molecule has 2 amide bonds. The summed E-state index contributed by atoms with van der Waals surface area (Å²) in [5.41, 5.74) is 0. The smallest absolute Gasteiger partial charge is 0.243 e. The molecule has 1 atom stereocenters. The second-order valence-corrected chi connectivity index (χ2v) is 9.16. The summed E-state index contributed by atoms with van der Waals surface area (Å²) in [6.07, 6.45) is 1.97. The Labute approximate surface area is 165 Å². The van der Waals surface area contributed by atoms with Crippen molar-refractivity contribution in [3.63, 3.8) is 0 Å². The third-order valence-electron chi connectivity index (χ3n) is 5.41. The molecule has 154 valence electrons. The van der Waals surface area contributed by atoms with Crippen molar-refractivity contribution in [2.75, 3.05) is 39.3 Å². The van der Waals surface area contributed by atoms with E-state index >= 15 is 0 Å². The van der Waals surface area contributed by atoms with Gasteiger partial charge in [-0.2, -0.15) is 4.31 Å². The minimum atomic E-state index is -3.78. The number of sulfonamides is 1. The van der Waals surface area contributed by atoms with Crippen LogP contribution in [-0.2, 0) is 19.6 Å². The second kappa shape index (κ2) is 8.57. The number of halogens is 1. The largest absolute Gasteiger partial charge is 0.342 e. The first-order chi connectivity index (χ1) is 13.3. The topological polar surface area (TPSA) is 78.0 Å². The lowest BCUT2D eigenvalue weighted by Crippen LogP contribution is -2.54. The Balaban J connectivity index is 1.60. The Kier molecular flexibility index (Phi) is 6.34. The molecule has 0 saturated carbocycles. The lowest BCUT2D eigenvalue weighted by atomic mass is 9.96. The first-order valence-corrected chi connectivity index (χ1v) is 11.1. The van der Waals surface area contributed by atoms with Gasteiger partial charge in [-0.3, -0.25) is 9.59 Å². The maximum Gasteiger partial charge on any atom is 0.243 e.